The Bertz CT molecular complexity index is 956. The number of nitro benzene ring substituents is 1. The summed E-state index contributed by atoms with van der Waals surface area (Å²) < 4.78 is 15.7. The van der Waals surface area contributed by atoms with Crippen LogP contribution >= 0.6 is 0 Å². The van der Waals surface area contributed by atoms with Crippen LogP contribution in [0.5, 0.6) is 0 Å². The van der Waals surface area contributed by atoms with Crippen LogP contribution in [-0.2, 0) is 6.54 Å². The second-order valence-electron chi connectivity index (χ2n) is 5.71. The monoisotopic (exact) mass is 354 g/mol. The highest BCUT2D eigenvalue weighted by atomic mass is 19.1. The van der Waals surface area contributed by atoms with E-state index in [0.717, 1.165) is 29.4 Å². The molecule has 0 fully saturated rings. The lowest BCUT2D eigenvalue weighted by atomic mass is 10.1. The van der Waals surface area contributed by atoms with Gasteiger partial charge in [0.2, 0.25) is 0 Å². The predicted molar refractivity (Wildman–Crippen MR) is 92.4 cm³/mol. The van der Waals surface area contributed by atoms with Gasteiger partial charge in [0.1, 0.15) is 5.82 Å². The molecule has 1 amide bonds. The van der Waals surface area contributed by atoms with E-state index < -0.39 is 22.3 Å². The number of amides is 1. The Morgan fingerprint density at radius 2 is 2.00 bits per heavy atom. The maximum atomic E-state index is 14.0. The molecule has 0 aliphatic rings. The van der Waals surface area contributed by atoms with Crippen LogP contribution in [0.2, 0.25) is 0 Å². The molecule has 0 radical (unpaired) electrons. The molecule has 26 heavy (non-hydrogen) atoms. The molecule has 1 aromatic heterocycles. The maximum Gasteiger partial charge on any atom is 0.272 e. The fraction of sp³-hybridized carbons (Fsp3) is 0.111. The van der Waals surface area contributed by atoms with Crippen molar-refractivity contribution >= 4 is 11.6 Å². The largest absolute Gasteiger partial charge is 0.337 e. The van der Waals surface area contributed by atoms with Gasteiger partial charge in [-0.15, -0.1) is 0 Å². The third-order valence-electron chi connectivity index (χ3n) is 3.82. The molecular formula is C18H15FN4O3. The lowest BCUT2D eigenvalue weighted by Gasteiger charge is -2.16. The first kappa shape index (κ1) is 17.3. The number of non-ortho nitro benzene ring substituents is 1. The molecule has 1 heterocycles. The number of nitro groups is 1. The van der Waals surface area contributed by atoms with Crippen molar-refractivity contribution in [2.45, 2.75) is 6.54 Å². The lowest BCUT2D eigenvalue weighted by Crippen LogP contribution is -2.26. The van der Waals surface area contributed by atoms with Crippen LogP contribution in [0.15, 0.2) is 60.9 Å². The number of carbonyl (C=O) groups is 1. The summed E-state index contributed by atoms with van der Waals surface area (Å²) in [5.41, 5.74) is 1.04. The van der Waals surface area contributed by atoms with Crippen LogP contribution in [0.3, 0.4) is 0 Å². The minimum atomic E-state index is -0.920. The molecule has 0 saturated heterocycles. The number of rotatable bonds is 5. The van der Waals surface area contributed by atoms with E-state index in [9.17, 15) is 19.3 Å². The van der Waals surface area contributed by atoms with Gasteiger partial charge >= 0.3 is 0 Å². The SMILES string of the molecule is CN(Cc1cnn(-c2ccccc2)c1)C(=O)c1ccc([N+](=O)[O-])cc1F. The number of hydrogen-bond acceptors (Lipinski definition) is 4. The summed E-state index contributed by atoms with van der Waals surface area (Å²) in [5.74, 6) is -1.49. The summed E-state index contributed by atoms with van der Waals surface area (Å²) in [6.07, 6.45) is 3.41. The molecule has 132 valence electrons. The van der Waals surface area contributed by atoms with Crippen molar-refractivity contribution in [2.24, 2.45) is 0 Å². The summed E-state index contributed by atoms with van der Waals surface area (Å²) in [5, 5.41) is 14.9. The minimum absolute atomic E-state index is 0.214. The molecule has 8 heteroatoms. The topological polar surface area (TPSA) is 81.3 Å². The number of nitrogens with zero attached hydrogens (tertiary/aromatic N) is 4. The van der Waals surface area contributed by atoms with Gasteiger partial charge in [-0.1, -0.05) is 18.2 Å². The lowest BCUT2D eigenvalue weighted by molar-refractivity contribution is -0.385. The predicted octanol–water partition coefficient (Wildman–Crippen LogP) is 3.19. The molecule has 0 aliphatic heterocycles. The summed E-state index contributed by atoms with van der Waals surface area (Å²) in [6.45, 7) is 0.224. The highest BCUT2D eigenvalue weighted by Crippen LogP contribution is 2.18. The first-order chi connectivity index (χ1) is 12.5. The molecule has 0 unspecified atom stereocenters. The van der Waals surface area contributed by atoms with Gasteiger partial charge in [0, 0.05) is 31.4 Å². The Labute approximate surface area is 148 Å². The fourth-order valence-corrected chi connectivity index (χ4v) is 2.51. The van der Waals surface area contributed by atoms with E-state index in [-0.39, 0.29) is 12.1 Å². The van der Waals surface area contributed by atoms with Gasteiger partial charge < -0.3 is 4.90 Å². The summed E-state index contributed by atoms with van der Waals surface area (Å²) in [6, 6.07) is 12.5. The Balaban J connectivity index is 1.74. The zero-order valence-electron chi connectivity index (χ0n) is 13.9. The third-order valence-corrected chi connectivity index (χ3v) is 3.82. The smallest absolute Gasteiger partial charge is 0.272 e. The van der Waals surface area contributed by atoms with Gasteiger partial charge in [-0.05, 0) is 18.2 Å². The number of para-hydroxylation sites is 1. The van der Waals surface area contributed by atoms with Crippen molar-refractivity contribution in [1.82, 2.24) is 14.7 Å². The van der Waals surface area contributed by atoms with Crippen molar-refractivity contribution in [1.29, 1.82) is 0 Å². The molecule has 0 atom stereocenters. The zero-order chi connectivity index (χ0) is 18.7. The normalized spacial score (nSPS) is 10.5. The molecule has 0 N–H and O–H groups in total. The fourth-order valence-electron chi connectivity index (χ4n) is 2.51. The molecule has 3 rings (SSSR count). The quantitative estimate of drug-likeness (QED) is 0.520. The van der Waals surface area contributed by atoms with E-state index in [0.29, 0.717) is 0 Å². The number of halogens is 1. The molecule has 2 aromatic carbocycles. The first-order valence-electron chi connectivity index (χ1n) is 7.74. The second kappa shape index (κ2) is 7.14. The van der Waals surface area contributed by atoms with Crippen LogP contribution < -0.4 is 0 Å². The third kappa shape index (κ3) is 3.59. The summed E-state index contributed by atoms with van der Waals surface area (Å²) >= 11 is 0. The molecule has 7 nitrogen and oxygen atoms in total. The minimum Gasteiger partial charge on any atom is -0.337 e. The van der Waals surface area contributed by atoms with Crippen LogP contribution in [0.4, 0.5) is 10.1 Å². The Morgan fingerprint density at radius 1 is 1.27 bits per heavy atom. The van der Waals surface area contributed by atoms with E-state index in [1.165, 1.54) is 11.9 Å². The van der Waals surface area contributed by atoms with Crippen LogP contribution in [0, 0.1) is 15.9 Å². The summed E-state index contributed by atoms with van der Waals surface area (Å²) in [7, 11) is 1.53. The summed E-state index contributed by atoms with van der Waals surface area (Å²) in [4.78, 5) is 23.7. The van der Waals surface area contributed by atoms with Gasteiger partial charge in [-0.25, -0.2) is 9.07 Å². The zero-order valence-corrected chi connectivity index (χ0v) is 13.9. The molecule has 0 spiro atoms. The van der Waals surface area contributed by atoms with Gasteiger partial charge in [0.15, 0.2) is 0 Å². The van der Waals surface area contributed by atoms with Crippen molar-refractivity contribution in [2.75, 3.05) is 7.05 Å². The highest BCUT2D eigenvalue weighted by Gasteiger charge is 2.19. The van der Waals surface area contributed by atoms with Crippen LogP contribution in [-0.4, -0.2) is 32.6 Å². The van der Waals surface area contributed by atoms with Crippen molar-refractivity contribution in [3.8, 4) is 5.69 Å². The van der Waals surface area contributed by atoms with Crippen LogP contribution in [0.1, 0.15) is 15.9 Å². The first-order valence-corrected chi connectivity index (χ1v) is 7.74. The molecule has 0 bridgehead atoms. The number of aromatic nitrogens is 2. The van der Waals surface area contributed by atoms with Gasteiger partial charge in [0.25, 0.3) is 11.6 Å². The Kier molecular flexibility index (Phi) is 4.74. The average molecular weight is 354 g/mol. The molecule has 3 aromatic rings. The van der Waals surface area contributed by atoms with E-state index in [1.807, 2.05) is 30.3 Å². The second-order valence-corrected chi connectivity index (χ2v) is 5.71. The average Bonchev–Trinajstić information content (AvgIpc) is 3.10. The molecular weight excluding hydrogens is 339 g/mol. The van der Waals surface area contributed by atoms with E-state index >= 15 is 0 Å². The van der Waals surface area contributed by atoms with Crippen molar-refractivity contribution in [3.05, 3.63) is 88.0 Å². The Hall–Kier alpha value is -3.55. The number of benzene rings is 2. The number of hydrogen-bond donors (Lipinski definition) is 0. The van der Waals surface area contributed by atoms with E-state index in [2.05, 4.69) is 5.10 Å². The van der Waals surface area contributed by atoms with E-state index in [1.54, 1.807) is 17.1 Å². The van der Waals surface area contributed by atoms with Gasteiger partial charge in [-0.2, -0.15) is 5.10 Å². The van der Waals surface area contributed by atoms with Crippen molar-refractivity contribution in [3.63, 3.8) is 0 Å². The van der Waals surface area contributed by atoms with Crippen LogP contribution in [0.25, 0.3) is 5.69 Å². The molecule has 0 saturated carbocycles. The van der Waals surface area contributed by atoms with Gasteiger partial charge in [0.05, 0.1) is 28.4 Å². The molecule has 0 aliphatic carbocycles. The standard InChI is InChI=1S/C18H15FN4O3/c1-21(18(24)16-8-7-15(23(25)26)9-17(16)19)11-13-10-20-22(12-13)14-5-3-2-4-6-14/h2-10,12H,11H2,1H3. The Morgan fingerprint density at radius 3 is 2.65 bits per heavy atom. The maximum absolute atomic E-state index is 14.0. The number of carbonyl (C=O) groups excluding carboxylic acids is 1. The van der Waals surface area contributed by atoms with Crippen molar-refractivity contribution < 1.29 is 14.1 Å². The van der Waals surface area contributed by atoms with E-state index in [4.69, 9.17) is 0 Å². The highest BCUT2D eigenvalue weighted by molar-refractivity contribution is 5.94. The van der Waals surface area contributed by atoms with Gasteiger partial charge in [-0.3, -0.25) is 14.9 Å².